The van der Waals surface area contributed by atoms with Crippen molar-refractivity contribution >= 4 is 65.4 Å². The van der Waals surface area contributed by atoms with Gasteiger partial charge in [-0.25, -0.2) is 0 Å². The number of fused-ring (bicyclic) bond motifs is 4. The summed E-state index contributed by atoms with van der Waals surface area (Å²) in [6, 6.07) is 90.5. The molecular formula is C70H58. The maximum absolute atomic E-state index is 2.42. The minimum atomic E-state index is 0.975. The molecule has 0 saturated carbocycles. The van der Waals surface area contributed by atoms with Crippen LogP contribution in [0, 0.1) is 0 Å². The van der Waals surface area contributed by atoms with Crippen LogP contribution < -0.4 is 0 Å². The molecule has 0 fully saturated rings. The van der Waals surface area contributed by atoms with Gasteiger partial charge < -0.3 is 0 Å². The van der Waals surface area contributed by atoms with Gasteiger partial charge >= 0.3 is 0 Å². The third-order valence-corrected chi connectivity index (χ3v) is 14.4. The number of benzene rings is 11. The quantitative estimate of drug-likeness (QED) is 0.0954. The Hall–Kier alpha value is -8.06. The van der Waals surface area contributed by atoms with Crippen molar-refractivity contribution in [2.24, 2.45) is 0 Å². The normalized spacial score (nSPS) is 12.4. The van der Waals surface area contributed by atoms with Gasteiger partial charge in [0.15, 0.2) is 0 Å². The van der Waals surface area contributed by atoms with Gasteiger partial charge in [-0.2, -0.15) is 0 Å². The summed E-state index contributed by atoms with van der Waals surface area (Å²) >= 11 is 0. The second-order valence-electron chi connectivity index (χ2n) is 18.7. The zero-order valence-electron chi connectivity index (χ0n) is 40.3. The summed E-state index contributed by atoms with van der Waals surface area (Å²) in [7, 11) is 0. The van der Waals surface area contributed by atoms with Crippen LogP contribution in [0.25, 0.3) is 87.6 Å². The zero-order chi connectivity index (χ0) is 47.2. The number of hydrogen-bond acceptors (Lipinski definition) is 0. The molecule has 0 unspecified atom stereocenters. The Kier molecular flexibility index (Phi) is 12.9. The first-order valence-corrected chi connectivity index (χ1v) is 25.4. The summed E-state index contributed by atoms with van der Waals surface area (Å²) in [6.07, 6.45) is 6.37. The van der Waals surface area contributed by atoms with Crippen molar-refractivity contribution in [2.45, 2.75) is 52.4 Å². The second-order valence-corrected chi connectivity index (χ2v) is 18.7. The lowest BCUT2D eigenvalue weighted by Crippen LogP contribution is -2.00. The first kappa shape index (κ1) is 44.4. The van der Waals surface area contributed by atoms with Gasteiger partial charge in [-0.15, -0.1) is 0 Å². The Morgan fingerprint density at radius 3 is 0.986 bits per heavy atom. The lowest BCUT2D eigenvalue weighted by molar-refractivity contribution is 0.823. The standard InChI is InChI=1S/C70H58/c1-3-5-31-57(69(53-25-9-7-10-26-53)67-47-45-65(61-35-17-19-37-63(61)67)59-39-21-29-49-23-13-15-33-55(49)59)51-41-43-52(44-42-51)58(32-6-4-2)70(54-27-11-8-12-28-54)68-48-46-66(62-36-18-20-38-64(62)68)60-40-22-30-50-24-14-16-34-56(50)60/h7-30,33-48H,3-6,31-32H2,1-2H3/b69-57+,70-58+. The van der Waals surface area contributed by atoms with Crippen LogP contribution in [0.3, 0.4) is 0 Å². The second kappa shape index (κ2) is 20.3. The predicted molar refractivity (Wildman–Crippen MR) is 304 cm³/mol. The molecule has 0 aliphatic carbocycles. The van der Waals surface area contributed by atoms with Gasteiger partial charge in [0.25, 0.3) is 0 Å². The molecule has 11 rings (SSSR count). The molecule has 0 atom stereocenters. The van der Waals surface area contributed by atoms with Crippen LogP contribution in [-0.4, -0.2) is 0 Å². The number of unbranched alkanes of at least 4 members (excludes halogenated alkanes) is 2. The highest BCUT2D eigenvalue weighted by molar-refractivity contribution is 6.14. The molecule has 0 aliphatic heterocycles. The third-order valence-electron chi connectivity index (χ3n) is 14.4. The molecule has 11 aromatic rings. The van der Waals surface area contributed by atoms with Gasteiger partial charge in [0.2, 0.25) is 0 Å². The van der Waals surface area contributed by atoms with Crippen molar-refractivity contribution in [3.63, 3.8) is 0 Å². The van der Waals surface area contributed by atoms with E-state index < -0.39 is 0 Å². The largest absolute Gasteiger partial charge is 0.0654 e. The minimum Gasteiger partial charge on any atom is -0.0654 e. The van der Waals surface area contributed by atoms with E-state index in [-0.39, 0.29) is 0 Å². The summed E-state index contributed by atoms with van der Waals surface area (Å²) in [5, 5.41) is 10.2. The number of hydrogen-bond donors (Lipinski definition) is 0. The lowest BCUT2D eigenvalue weighted by Gasteiger charge is -2.22. The molecule has 0 N–H and O–H groups in total. The maximum atomic E-state index is 2.42. The van der Waals surface area contributed by atoms with Crippen molar-refractivity contribution in [3.05, 3.63) is 276 Å². The summed E-state index contributed by atoms with van der Waals surface area (Å²) < 4.78 is 0. The first-order chi connectivity index (χ1) is 34.7. The smallest absolute Gasteiger partial charge is 0.00671 e. The van der Waals surface area contributed by atoms with Crippen LogP contribution in [0.5, 0.6) is 0 Å². The molecular weight excluding hydrogens is 841 g/mol. The monoisotopic (exact) mass is 898 g/mol. The van der Waals surface area contributed by atoms with E-state index in [1.54, 1.807) is 0 Å². The molecule has 11 aromatic carbocycles. The van der Waals surface area contributed by atoms with Gasteiger partial charge in [0.05, 0.1) is 0 Å². The summed E-state index contributed by atoms with van der Waals surface area (Å²) in [5.41, 5.74) is 18.1. The first-order valence-electron chi connectivity index (χ1n) is 25.4. The summed E-state index contributed by atoms with van der Waals surface area (Å²) in [4.78, 5) is 0. The Bertz CT molecular complexity index is 3440. The summed E-state index contributed by atoms with van der Waals surface area (Å²) in [6.45, 7) is 4.62. The van der Waals surface area contributed by atoms with E-state index in [1.807, 2.05) is 0 Å². The Labute approximate surface area is 414 Å². The van der Waals surface area contributed by atoms with E-state index in [2.05, 4.69) is 257 Å². The molecule has 0 aromatic heterocycles. The van der Waals surface area contributed by atoms with Crippen molar-refractivity contribution in [1.29, 1.82) is 0 Å². The number of allylic oxidation sites excluding steroid dienone is 2. The fourth-order valence-electron chi connectivity index (χ4n) is 11.0. The van der Waals surface area contributed by atoms with Gasteiger partial charge in [-0.1, -0.05) is 269 Å². The van der Waals surface area contributed by atoms with E-state index in [0.29, 0.717) is 0 Å². The Morgan fingerprint density at radius 2 is 0.586 bits per heavy atom. The SMILES string of the molecule is CCCC/C(=C(/c1ccccc1)c1ccc(-c2cccc3ccccc23)c2ccccc12)c1ccc(/C(CCCC)=C(\c2ccccc2)c2ccc(-c3cccc4ccccc34)c3ccccc23)cc1. The highest BCUT2D eigenvalue weighted by Crippen LogP contribution is 2.45. The summed E-state index contributed by atoms with van der Waals surface area (Å²) in [5.74, 6) is 0. The molecule has 0 aliphatic rings. The molecule has 0 bridgehead atoms. The van der Waals surface area contributed by atoms with Gasteiger partial charge in [-0.05, 0) is 147 Å². The Balaban J connectivity index is 1.10. The predicted octanol–water partition coefficient (Wildman–Crippen LogP) is 19.9. The van der Waals surface area contributed by atoms with Crippen LogP contribution in [-0.2, 0) is 0 Å². The van der Waals surface area contributed by atoms with Crippen molar-refractivity contribution < 1.29 is 0 Å². The van der Waals surface area contributed by atoms with Crippen LogP contribution >= 0.6 is 0 Å². The van der Waals surface area contributed by atoms with Crippen LogP contribution in [0.15, 0.2) is 243 Å². The molecule has 0 radical (unpaired) electrons. The van der Waals surface area contributed by atoms with E-state index in [4.69, 9.17) is 0 Å². The lowest BCUT2D eigenvalue weighted by atomic mass is 9.82. The van der Waals surface area contributed by atoms with Crippen LogP contribution in [0.2, 0.25) is 0 Å². The van der Waals surface area contributed by atoms with Crippen LogP contribution in [0.1, 0.15) is 85.8 Å². The molecule has 0 amide bonds. The topological polar surface area (TPSA) is 0 Å². The average molecular weight is 899 g/mol. The Morgan fingerprint density at radius 1 is 0.257 bits per heavy atom. The molecule has 0 heterocycles. The third kappa shape index (κ3) is 8.56. The molecule has 0 heteroatoms. The van der Waals surface area contributed by atoms with E-state index in [1.165, 1.54) is 121 Å². The van der Waals surface area contributed by atoms with E-state index >= 15 is 0 Å². The van der Waals surface area contributed by atoms with Crippen LogP contribution in [0.4, 0.5) is 0 Å². The van der Waals surface area contributed by atoms with Crippen molar-refractivity contribution in [3.8, 4) is 22.3 Å². The van der Waals surface area contributed by atoms with Gasteiger partial charge in [0, 0.05) is 0 Å². The molecule has 0 nitrogen and oxygen atoms in total. The maximum Gasteiger partial charge on any atom is -0.00671 e. The molecule has 70 heavy (non-hydrogen) atoms. The number of rotatable bonds is 14. The van der Waals surface area contributed by atoms with Gasteiger partial charge in [-0.3, -0.25) is 0 Å². The fraction of sp³-hybridized carbons (Fsp3) is 0.114. The fourth-order valence-corrected chi connectivity index (χ4v) is 11.0. The van der Waals surface area contributed by atoms with E-state index in [9.17, 15) is 0 Å². The zero-order valence-corrected chi connectivity index (χ0v) is 40.3. The minimum absolute atomic E-state index is 0.975. The molecule has 0 spiro atoms. The average Bonchev–Trinajstić information content (AvgIpc) is 3.43. The van der Waals surface area contributed by atoms with E-state index in [0.717, 1.165) is 38.5 Å². The van der Waals surface area contributed by atoms with Gasteiger partial charge in [0.1, 0.15) is 0 Å². The highest BCUT2D eigenvalue weighted by Gasteiger charge is 2.22. The highest BCUT2D eigenvalue weighted by atomic mass is 14.3. The molecule has 0 saturated heterocycles. The van der Waals surface area contributed by atoms with Crippen molar-refractivity contribution in [2.75, 3.05) is 0 Å². The molecule has 338 valence electrons. The van der Waals surface area contributed by atoms with Crippen molar-refractivity contribution in [1.82, 2.24) is 0 Å².